The second-order valence-corrected chi connectivity index (χ2v) is 9.05. The highest BCUT2D eigenvalue weighted by molar-refractivity contribution is 5.96. The molecule has 0 saturated carbocycles. The summed E-state index contributed by atoms with van der Waals surface area (Å²) >= 11 is 0. The monoisotopic (exact) mass is 485 g/mol. The smallest absolute Gasteiger partial charge is 0.336 e. The minimum absolute atomic E-state index is 0.214. The Kier molecular flexibility index (Phi) is 7.33. The van der Waals surface area contributed by atoms with E-state index < -0.39 is 5.97 Å². The summed E-state index contributed by atoms with van der Waals surface area (Å²) in [4.78, 5) is 34.9. The fourth-order valence-corrected chi connectivity index (χ4v) is 4.13. The molecule has 0 aliphatic rings. The topological polar surface area (TPSA) is 100 Å². The number of pyridine rings is 1. The van der Waals surface area contributed by atoms with E-state index in [4.69, 9.17) is 4.98 Å². The number of unbranched alkanes of at least 4 members (excludes halogenated alkanes) is 1. The molecule has 0 bridgehead atoms. The van der Waals surface area contributed by atoms with Crippen molar-refractivity contribution in [1.82, 2.24) is 19.4 Å². The zero-order valence-corrected chi connectivity index (χ0v) is 21.1. The van der Waals surface area contributed by atoms with Gasteiger partial charge < -0.3 is 19.9 Å². The normalized spacial score (nSPS) is 11.0. The van der Waals surface area contributed by atoms with Gasteiger partial charge in [-0.25, -0.2) is 19.6 Å². The van der Waals surface area contributed by atoms with Crippen LogP contribution in [0.25, 0.3) is 22.3 Å². The third kappa shape index (κ3) is 5.22. The fraction of sp³-hybridized carbons (Fsp3) is 0.286. The van der Waals surface area contributed by atoms with Crippen LogP contribution in [0.4, 0.5) is 10.5 Å². The second kappa shape index (κ2) is 10.6. The number of hydrogen-bond acceptors (Lipinski definition) is 4. The largest absolute Gasteiger partial charge is 0.478 e. The third-order valence-corrected chi connectivity index (χ3v) is 6.18. The number of urea groups is 1. The van der Waals surface area contributed by atoms with E-state index in [1.165, 1.54) is 4.90 Å². The van der Waals surface area contributed by atoms with Gasteiger partial charge in [0.05, 0.1) is 22.5 Å². The van der Waals surface area contributed by atoms with E-state index in [9.17, 15) is 14.7 Å². The molecule has 8 heteroatoms. The molecule has 4 rings (SSSR count). The molecule has 8 nitrogen and oxygen atoms in total. The molecule has 0 radical (unpaired) electrons. The van der Waals surface area contributed by atoms with Crippen molar-refractivity contribution in [3.63, 3.8) is 0 Å². The van der Waals surface area contributed by atoms with E-state index in [1.54, 1.807) is 26.2 Å². The van der Waals surface area contributed by atoms with Gasteiger partial charge in [-0.2, -0.15) is 0 Å². The van der Waals surface area contributed by atoms with Gasteiger partial charge in [0.2, 0.25) is 0 Å². The fourth-order valence-electron chi connectivity index (χ4n) is 4.13. The summed E-state index contributed by atoms with van der Waals surface area (Å²) in [5, 5.41) is 12.5. The average molecular weight is 486 g/mol. The number of aromatic nitrogens is 3. The summed E-state index contributed by atoms with van der Waals surface area (Å²) in [6, 6.07) is 16.7. The van der Waals surface area contributed by atoms with Gasteiger partial charge in [-0.3, -0.25) is 0 Å². The molecule has 0 fully saturated rings. The van der Waals surface area contributed by atoms with Crippen molar-refractivity contribution in [2.75, 3.05) is 19.4 Å². The molecule has 186 valence electrons. The van der Waals surface area contributed by atoms with Crippen LogP contribution < -0.4 is 5.32 Å². The van der Waals surface area contributed by atoms with E-state index in [0.29, 0.717) is 29.1 Å². The van der Waals surface area contributed by atoms with E-state index in [1.807, 2.05) is 49.4 Å². The number of carbonyl (C=O) groups is 2. The molecule has 36 heavy (non-hydrogen) atoms. The number of carboxylic acids is 1. The molecule has 0 unspecified atom stereocenters. The van der Waals surface area contributed by atoms with Crippen LogP contribution >= 0.6 is 0 Å². The molecule has 2 aromatic carbocycles. The summed E-state index contributed by atoms with van der Waals surface area (Å²) in [7, 11) is 3.39. The van der Waals surface area contributed by atoms with Gasteiger partial charge in [0, 0.05) is 27.1 Å². The molecule has 0 spiro atoms. The van der Waals surface area contributed by atoms with Crippen LogP contribution in [0.1, 0.15) is 47.2 Å². The number of carbonyl (C=O) groups excluding carboxylic acids is 1. The number of rotatable bonds is 8. The lowest BCUT2D eigenvalue weighted by Crippen LogP contribution is -2.27. The van der Waals surface area contributed by atoms with Gasteiger partial charge in [0.15, 0.2) is 5.65 Å². The maximum Gasteiger partial charge on any atom is 0.336 e. The van der Waals surface area contributed by atoms with Crippen LogP contribution in [-0.2, 0) is 13.0 Å². The molecule has 2 N–H and O–H groups in total. The first-order valence-corrected chi connectivity index (χ1v) is 12.0. The molecule has 0 aliphatic heterocycles. The predicted octanol–water partition coefficient (Wildman–Crippen LogP) is 5.59. The Hall–Kier alpha value is -4.20. The molecule has 2 aromatic heterocycles. The van der Waals surface area contributed by atoms with Crippen molar-refractivity contribution in [3.05, 3.63) is 77.2 Å². The van der Waals surface area contributed by atoms with E-state index in [-0.39, 0.29) is 11.6 Å². The van der Waals surface area contributed by atoms with Gasteiger partial charge in [0.1, 0.15) is 5.82 Å². The van der Waals surface area contributed by atoms with Crippen LogP contribution in [0.3, 0.4) is 0 Å². The van der Waals surface area contributed by atoms with Crippen LogP contribution in [0, 0.1) is 6.92 Å². The number of hydrogen-bond donors (Lipinski definition) is 2. The average Bonchev–Trinajstić information content (AvgIpc) is 3.18. The van der Waals surface area contributed by atoms with Gasteiger partial charge in [-0.15, -0.1) is 0 Å². The summed E-state index contributed by atoms with van der Waals surface area (Å²) in [6.07, 6.45) is 2.89. The zero-order chi connectivity index (χ0) is 25.8. The molecule has 4 aromatic rings. The van der Waals surface area contributed by atoms with E-state index in [0.717, 1.165) is 41.7 Å². The summed E-state index contributed by atoms with van der Waals surface area (Å²) in [6.45, 7) is 4.60. The second-order valence-electron chi connectivity index (χ2n) is 9.05. The number of aryl methyl sites for hydroxylation is 2. The van der Waals surface area contributed by atoms with Crippen LogP contribution in [0.2, 0.25) is 0 Å². The Morgan fingerprint density at radius 3 is 2.44 bits per heavy atom. The standard InChI is InChI=1S/C28H31N5O3/c1-5-6-11-25-31-26-24(16-23(18(2)29-26)30-28(36)32(3)4)33(25)17-19-12-14-20(15-13-19)21-9-7-8-10-22(21)27(34)35/h7-10,12-16H,5-6,11,17H2,1-4H3,(H,30,36)(H,34,35). The number of nitrogens with one attached hydrogen (secondary N) is 1. The van der Waals surface area contributed by atoms with Crippen LogP contribution in [0.5, 0.6) is 0 Å². The van der Waals surface area contributed by atoms with Crippen molar-refractivity contribution in [1.29, 1.82) is 0 Å². The maximum absolute atomic E-state index is 12.3. The SMILES string of the molecule is CCCCc1nc2nc(C)c(NC(=O)N(C)C)cc2n1Cc1ccc(-c2ccccc2C(=O)O)cc1. The number of benzene rings is 2. The first-order chi connectivity index (χ1) is 17.3. The number of anilines is 1. The first kappa shape index (κ1) is 24.9. The molecule has 0 aliphatic carbocycles. The molecule has 2 heterocycles. The van der Waals surface area contributed by atoms with Gasteiger partial charge in [0.25, 0.3) is 0 Å². The molecule has 2 amide bonds. The third-order valence-electron chi connectivity index (χ3n) is 6.18. The van der Waals surface area contributed by atoms with E-state index >= 15 is 0 Å². The van der Waals surface area contributed by atoms with Crippen molar-refractivity contribution in [2.45, 2.75) is 39.7 Å². The molecular formula is C28H31N5O3. The Morgan fingerprint density at radius 1 is 1.06 bits per heavy atom. The summed E-state index contributed by atoms with van der Waals surface area (Å²) < 4.78 is 2.16. The zero-order valence-electron chi connectivity index (χ0n) is 21.1. The van der Waals surface area contributed by atoms with Gasteiger partial charge in [-0.05, 0) is 42.2 Å². The number of amides is 2. The predicted molar refractivity (Wildman–Crippen MR) is 142 cm³/mol. The van der Waals surface area contributed by atoms with Crippen LogP contribution in [-0.4, -0.2) is 50.6 Å². The van der Waals surface area contributed by atoms with Crippen molar-refractivity contribution >= 4 is 28.9 Å². The quantitative estimate of drug-likeness (QED) is 0.339. The van der Waals surface area contributed by atoms with Crippen molar-refractivity contribution in [2.24, 2.45) is 0 Å². The minimum atomic E-state index is -0.944. The van der Waals surface area contributed by atoms with Crippen molar-refractivity contribution in [3.8, 4) is 11.1 Å². The van der Waals surface area contributed by atoms with Gasteiger partial charge in [-0.1, -0.05) is 55.8 Å². The Balaban J connectivity index is 1.71. The Labute approximate surface area is 210 Å². The number of nitrogens with zero attached hydrogens (tertiary/aromatic N) is 4. The number of fused-ring (bicyclic) bond motifs is 1. The molecular weight excluding hydrogens is 454 g/mol. The summed E-state index contributed by atoms with van der Waals surface area (Å²) in [5.74, 6) is 0.00946. The lowest BCUT2D eigenvalue weighted by molar-refractivity contribution is 0.0697. The number of aromatic carboxylic acids is 1. The maximum atomic E-state index is 12.3. The summed E-state index contributed by atoms with van der Waals surface area (Å²) in [5.41, 5.74) is 5.77. The van der Waals surface area contributed by atoms with Crippen LogP contribution in [0.15, 0.2) is 54.6 Å². The number of imidazole rings is 1. The first-order valence-electron chi connectivity index (χ1n) is 12.0. The Bertz CT molecular complexity index is 1410. The van der Waals surface area contributed by atoms with Crippen molar-refractivity contribution < 1.29 is 14.7 Å². The van der Waals surface area contributed by atoms with Gasteiger partial charge >= 0.3 is 12.0 Å². The number of carboxylic acid groups (broad SMARTS) is 1. The Morgan fingerprint density at radius 2 is 1.78 bits per heavy atom. The lowest BCUT2D eigenvalue weighted by Gasteiger charge is -2.14. The highest BCUT2D eigenvalue weighted by Gasteiger charge is 2.17. The highest BCUT2D eigenvalue weighted by atomic mass is 16.4. The molecule has 0 atom stereocenters. The molecule has 0 saturated heterocycles. The highest BCUT2D eigenvalue weighted by Crippen LogP contribution is 2.27. The van der Waals surface area contributed by atoms with E-state index in [2.05, 4.69) is 21.8 Å². The minimum Gasteiger partial charge on any atom is -0.478 e. The lowest BCUT2D eigenvalue weighted by atomic mass is 9.99.